The number of nitrogens with one attached hydrogen (secondary N) is 1. The maximum atomic E-state index is 12.6. The number of nitrogens with zero attached hydrogens (tertiary/aromatic N) is 3. The molecule has 2 heterocycles. The second-order valence-corrected chi connectivity index (χ2v) is 9.41. The first kappa shape index (κ1) is 19.3. The monoisotopic (exact) mass is 432 g/mol. The van der Waals surface area contributed by atoms with E-state index in [4.69, 9.17) is 0 Å². The van der Waals surface area contributed by atoms with Gasteiger partial charge in [-0.15, -0.1) is 0 Å². The van der Waals surface area contributed by atoms with Crippen molar-refractivity contribution in [2.45, 2.75) is 6.42 Å². The highest BCUT2D eigenvalue weighted by atomic mass is 32.2. The SMILES string of the molecule is O=C(Nc1ccc(-n2cnc3ccccc32)cc1)c1ccc(N2CCCS2(=O)=O)cc1. The molecule has 0 spiro atoms. The zero-order valence-electron chi connectivity index (χ0n) is 16.6. The molecule has 1 N–H and O–H groups in total. The zero-order valence-corrected chi connectivity index (χ0v) is 17.4. The van der Waals surface area contributed by atoms with Gasteiger partial charge in [-0.2, -0.15) is 0 Å². The van der Waals surface area contributed by atoms with Gasteiger partial charge in [-0.05, 0) is 67.1 Å². The number of hydrogen-bond acceptors (Lipinski definition) is 4. The van der Waals surface area contributed by atoms with Gasteiger partial charge in [0, 0.05) is 23.5 Å². The fourth-order valence-corrected chi connectivity index (χ4v) is 5.35. The second kappa shape index (κ2) is 7.55. The third kappa shape index (κ3) is 3.66. The van der Waals surface area contributed by atoms with Crippen molar-refractivity contribution in [1.82, 2.24) is 9.55 Å². The lowest BCUT2D eigenvalue weighted by molar-refractivity contribution is 0.102. The van der Waals surface area contributed by atoms with Gasteiger partial charge in [0.05, 0.1) is 22.5 Å². The number of para-hydroxylation sites is 2. The normalized spacial score (nSPS) is 15.3. The summed E-state index contributed by atoms with van der Waals surface area (Å²) in [6, 6.07) is 22.1. The summed E-state index contributed by atoms with van der Waals surface area (Å²) in [5.74, 6) is -0.0863. The molecule has 156 valence electrons. The van der Waals surface area contributed by atoms with Crippen molar-refractivity contribution in [3.63, 3.8) is 0 Å². The van der Waals surface area contributed by atoms with E-state index in [0.717, 1.165) is 16.7 Å². The lowest BCUT2D eigenvalue weighted by Crippen LogP contribution is -2.25. The van der Waals surface area contributed by atoms with E-state index >= 15 is 0 Å². The van der Waals surface area contributed by atoms with Gasteiger partial charge in [-0.3, -0.25) is 13.7 Å². The van der Waals surface area contributed by atoms with Crippen molar-refractivity contribution in [2.24, 2.45) is 0 Å². The van der Waals surface area contributed by atoms with E-state index in [1.807, 2.05) is 53.1 Å². The van der Waals surface area contributed by atoms with Crippen molar-refractivity contribution in [3.8, 4) is 5.69 Å². The number of hydrogen-bond donors (Lipinski definition) is 1. The molecule has 0 bridgehead atoms. The summed E-state index contributed by atoms with van der Waals surface area (Å²) in [6.07, 6.45) is 2.40. The predicted molar refractivity (Wildman–Crippen MR) is 121 cm³/mol. The molecule has 3 aromatic carbocycles. The minimum absolute atomic E-state index is 0.167. The Labute approximate surface area is 180 Å². The molecule has 0 atom stereocenters. The summed E-state index contributed by atoms with van der Waals surface area (Å²) in [5, 5.41) is 2.88. The molecule has 5 rings (SSSR count). The van der Waals surface area contributed by atoms with E-state index in [2.05, 4.69) is 10.3 Å². The highest BCUT2D eigenvalue weighted by molar-refractivity contribution is 7.93. The molecule has 1 aromatic heterocycles. The Morgan fingerprint density at radius 2 is 1.61 bits per heavy atom. The van der Waals surface area contributed by atoms with Gasteiger partial charge in [0.2, 0.25) is 10.0 Å². The lowest BCUT2D eigenvalue weighted by atomic mass is 10.2. The molecule has 4 aromatic rings. The number of carbonyl (C=O) groups is 1. The van der Waals surface area contributed by atoms with E-state index < -0.39 is 10.0 Å². The molecule has 1 saturated heterocycles. The van der Waals surface area contributed by atoms with E-state index in [-0.39, 0.29) is 11.7 Å². The fourth-order valence-electron chi connectivity index (χ4n) is 3.78. The topological polar surface area (TPSA) is 84.3 Å². The molecule has 1 aliphatic heterocycles. The van der Waals surface area contributed by atoms with Crippen molar-refractivity contribution < 1.29 is 13.2 Å². The Morgan fingerprint density at radius 1 is 0.903 bits per heavy atom. The number of amides is 1. The second-order valence-electron chi connectivity index (χ2n) is 7.39. The number of sulfonamides is 1. The van der Waals surface area contributed by atoms with Crippen LogP contribution in [0.2, 0.25) is 0 Å². The molecule has 0 aliphatic carbocycles. The van der Waals surface area contributed by atoms with Gasteiger partial charge in [-0.1, -0.05) is 12.1 Å². The summed E-state index contributed by atoms with van der Waals surface area (Å²) < 4.78 is 27.5. The van der Waals surface area contributed by atoms with E-state index in [0.29, 0.717) is 29.9 Å². The van der Waals surface area contributed by atoms with Crippen LogP contribution in [0.3, 0.4) is 0 Å². The maximum Gasteiger partial charge on any atom is 0.255 e. The highest BCUT2D eigenvalue weighted by Gasteiger charge is 2.28. The van der Waals surface area contributed by atoms with Gasteiger partial charge in [-0.25, -0.2) is 13.4 Å². The molecular formula is C23H20N4O3S. The van der Waals surface area contributed by atoms with Crippen LogP contribution in [0, 0.1) is 0 Å². The number of anilines is 2. The maximum absolute atomic E-state index is 12.6. The molecule has 7 nitrogen and oxygen atoms in total. The van der Waals surface area contributed by atoms with Gasteiger partial charge in [0.1, 0.15) is 6.33 Å². The van der Waals surface area contributed by atoms with Crippen LogP contribution in [-0.2, 0) is 10.0 Å². The number of fused-ring (bicyclic) bond motifs is 1. The van der Waals surface area contributed by atoms with Crippen molar-refractivity contribution >= 4 is 38.3 Å². The van der Waals surface area contributed by atoms with Crippen molar-refractivity contribution in [1.29, 1.82) is 0 Å². The van der Waals surface area contributed by atoms with Gasteiger partial charge < -0.3 is 5.32 Å². The molecule has 0 radical (unpaired) electrons. The lowest BCUT2D eigenvalue weighted by Gasteiger charge is -2.17. The summed E-state index contributed by atoms with van der Waals surface area (Å²) >= 11 is 0. The number of imidazole rings is 1. The Balaban J connectivity index is 1.30. The Hall–Kier alpha value is -3.65. The molecule has 1 fully saturated rings. The minimum atomic E-state index is -3.23. The first-order chi connectivity index (χ1) is 15.0. The average molecular weight is 433 g/mol. The molecule has 0 saturated carbocycles. The quantitative estimate of drug-likeness (QED) is 0.531. The largest absolute Gasteiger partial charge is 0.322 e. The first-order valence-corrected chi connectivity index (χ1v) is 11.6. The standard InChI is InChI=1S/C23H20N4O3S/c28-23(17-6-10-20(11-7-17)27-14-3-15-31(27,29)30)25-18-8-12-19(13-9-18)26-16-24-21-4-1-2-5-22(21)26/h1-2,4-13,16H,3,14-15H2,(H,25,28). The van der Waals surface area contributed by atoms with Crippen LogP contribution in [-0.4, -0.2) is 36.2 Å². The van der Waals surface area contributed by atoms with Gasteiger partial charge in [0.15, 0.2) is 0 Å². The minimum Gasteiger partial charge on any atom is -0.322 e. The molecule has 8 heteroatoms. The predicted octanol–water partition coefficient (Wildman–Crippen LogP) is 3.82. The third-order valence-corrected chi connectivity index (χ3v) is 7.24. The summed E-state index contributed by atoms with van der Waals surface area (Å²) in [4.78, 5) is 17.0. The average Bonchev–Trinajstić information content (AvgIpc) is 3.37. The Morgan fingerprint density at radius 3 is 2.32 bits per heavy atom. The number of rotatable bonds is 4. The Bertz CT molecular complexity index is 1360. The molecule has 1 aliphatic rings. The van der Waals surface area contributed by atoms with Crippen LogP contribution in [0.4, 0.5) is 11.4 Å². The third-order valence-electron chi connectivity index (χ3n) is 5.37. The van der Waals surface area contributed by atoms with Gasteiger partial charge >= 0.3 is 0 Å². The summed E-state index contributed by atoms with van der Waals surface area (Å²) in [7, 11) is -3.23. The van der Waals surface area contributed by atoms with Crippen LogP contribution in [0.5, 0.6) is 0 Å². The molecule has 0 unspecified atom stereocenters. The van der Waals surface area contributed by atoms with E-state index in [1.165, 1.54) is 4.31 Å². The van der Waals surface area contributed by atoms with Crippen LogP contribution in [0.1, 0.15) is 16.8 Å². The van der Waals surface area contributed by atoms with Crippen LogP contribution >= 0.6 is 0 Å². The van der Waals surface area contributed by atoms with E-state index in [1.54, 1.807) is 30.6 Å². The fraction of sp³-hybridized carbons (Fsp3) is 0.130. The number of benzene rings is 3. The number of aromatic nitrogens is 2. The molecule has 1 amide bonds. The summed E-state index contributed by atoms with van der Waals surface area (Å²) in [5.41, 5.74) is 4.60. The van der Waals surface area contributed by atoms with Crippen LogP contribution in [0.25, 0.3) is 16.7 Å². The highest BCUT2D eigenvalue weighted by Crippen LogP contribution is 2.25. The van der Waals surface area contributed by atoms with Gasteiger partial charge in [0.25, 0.3) is 5.91 Å². The van der Waals surface area contributed by atoms with Crippen molar-refractivity contribution in [3.05, 3.63) is 84.7 Å². The van der Waals surface area contributed by atoms with E-state index in [9.17, 15) is 13.2 Å². The molecular weight excluding hydrogens is 412 g/mol. The Kier molecular flexibility index (Phi) is 4.71. The van der Waals surface area contributed by atoms with Crippen LogP contribution in [0.15, 0.2) is 79.1 Å². The smallest absolute Gasteiger partial charge is 0.255 e. The zero-order chi connectivity index (χ0) is 21.4. The number of carbonyl (C=O) groups excluding carboxylic acids is 1. The molecule has 31 heavy (non-hydrogen) atoms. The first-order valence-electron chi connectivity index (χ1n) is 9.96. The summed E-state index contributed by atoms with van der Waals surface area (Å²) in [6.45, 7) is 0.479. The van der Waals surface area contributed by atoms with Crippen molar-refractivity contribution in [2.75, 3.05) is 21.9 Å². The van der Waals surface area contributed by atoms with Crippen LogP contribution < -0.4 is 9.62 Å².